The Morgan fingerprint density at radius 3 is 2.68 bits per heavy atom. The number of nitrogens with zero attached hydrogens (tertiary/aromatic N) is 5. The van der Waals surface area contributed by atoms with Crippen LogP contribution in [0.3, 0.4) is 0 Å². The summed E-state index contributed by atoms with van der Waals surface area (Å²) in [5, 5.41) is 18.8. The average Bonchev–Trinajstić information content (AvgIpc) is 3.30. The summed E-state index contributed by atoms with van der Waals surface area (Å²) in [6.07, 6.45) is 2.99. The van der Waals surface area contributed by atoms with Crippen molar-refractivity contribution in [1.29, 1.82) is 0 Å². The molecule has 11 heteroatoms. The molecule has 10 nitrogen and oxygen atoms in total. The van der Waals surface area contributed by atoms with E-state index in [2.05, 4.69) is 14.6 Å². The largest absolute Gasteiger partial charge is 0.420 e. The van der Waals surface area contributed by atoms with Crippen LogP contribution in [0.4, 0.5) is 5.69 Å². The Morgan fingerprint density at radius 2 is 2.08 bits per heavy atom. The molecule has 0 aliphatic heterocycles. The maximum atomic E-state index is 12.5. The quantitative estimate of drug-likeness (QED) is 0.327. The lowest BCUT2D eigenvalue weighted by molar-refractivity contribution is -0.385. The van der Waals surface area contributed by atoms with Gasteiger partial charge in [0.15, 0.2) is 0 Å². The van der Waals surface area contributed by atoms with E-state index >= 15 is 0 Å². The van der Waals surface area contributed by atoms with E-state index in [1.807, 2.05) is 0 Å². The first kappa shape index (κ1) is 17.0. The highest BCUT2D eigenvalue weighted by molar-refractivity contribution is 7.90. The third-order valence-corrected chi connectivity index (χ3v) is 4.73. The summed E-state index contributed by atoms with van der Waals surface area (Å²) < 4.78 is 34.1. The lowest BCUT2D eigenvalue weighted by Crippen LogP contribution is -2.10. The van der Waals surface area contributed by atoms with Gasteiger partial charge in [-0.15, -0.1) is 14.6 Å². The van der Waals surface area contributed by atoms with Crippen molar-refractivity contribution >= 4 is 22.0 Å². The zero-order valence-electron chi connectivity index (χ0n) is 13.5. The van der Waals surface area contributed by atoms with Gasteiger partial charge in [0.1, 0.15) is 11.2 Å². The van der Waals surface area contributed by atoms with E-state index < -0.39 is 14.9 Å². The van der Waals surface area contributed by atoms with Gasteiger partial charge in [-0.3, -0.25) is 10.1 Å². The molecular formula is C14H15N5O5S. The standard InChI is InChI=1S/C14H15N5O5S/c1-18(2)8-15-25(22,23)12-7-10(19(20)21)5-6-11(12)14-17-16-13(24-14)9-3-4-9/h5-9H,3-4H2,1-2H3/b15-8+. The van der Waals surface area contributed by atoms with E-state index in [-0.39, 0.29) is 28.0 Å². The highest BCUT2D eigenvalue weighted by atomic mass is 32.2. The second kappa shape index (κ2) is 6.24. The second-order valence-electron chi connectivity index (χ2n) is 5.82. The number of hydrogen-bond acceptors (Lipinski definition) is 7. The van der Waals surface area contributed by atoms with Gasteiger partial charge in [0.2, 0.25) is 11.8 Å². The fourth-order valence-corrected chi connectivity index (χ4v) is 3.20. The zero-order chi connectivity index (χ0) is 18.2. The van der Waals surface area contributed by atoms with Crippen molar-refractivity contribution in [2.45, 2.75) is 23.7 Å². The summed E-state index contributed by atoms with van der Waals surface area (Å²) in [4.78, 5) is 11.4. The van der Waals surface area contributed by atoms with Crippen molar-refractivity contribution < 1.29 is 17.8 Å². The summed E-state index contributed by atoms with van der Waals surface area (Å²) >= 11 is 0. The van der Waals surface area contributed by atoms with E-state index in [1.54, 1.807) is 14.1 Å². The Bertz CT molecular complexity index is 946. The molecule has 0 amide bonds. The predicted octanol–water partition coefficient (Wildman–Crippen LogP) is 1.80. The van der Waals surface area contributed by atoms with Gasteiger partial charge in [0.25, 0.3) is 15.7 Å². The Morgan fingerprint density at radius 1 is 1.36 bits per heavy atom. The van der Waals surface area contributed by atoms with Crippen LogP contribution >= 0.6 is 0 Å². The number of nitro benzene ring substituents is 1. The molecule has 1 aromatic carbocycles. The Hall–Kier alpha value is -2.82. The van der Waals surface area contributed by atoms with Crippen molar-refractivity contribution in [2.75, 3.05) is 14.1 Å². The Kier molecular flexibility index (Phi) is 4.25. The molecule has 1 aliphatic carbocycles. The summed E-state index contributed by atoms with van der Waals surface area (Å²) in [5.41, 5.74) is -0.287. The van der Waals surface area contributed by atoms with Gasteiger partial charge in [-0.2, -0.15) is 8.42 Å². The van der Waals surface area contributed by atoms with Gasteiger partial charge >= 0.3 is 0 Å². The van der Waals surface area contributed by atoms with E-state index in [1.165, 1.54) is 17.0 Å². The minimum absolute atomic E-state index is 0.00424. The van der Waals surface area contributed by atoms with Crippen LogP contribution in [-0.2, 0) is 10.0 Å². The van der Waals surface area contributed by atoms with Crippen molar-refractivity contribution in [1.82, 2.24) is 15.1 Å². The van der Waals surface area contributed by atoms with Gasteiger partial charge < -0.3 is 9.32 Å². The van der Waals surface area contributed by atoms with Gasteiger partial charge in [0, 0.05) is 32.1 Å². The zero-order valence-corrected chi connectivity index (χ0v) is 14.3. The molecule has 0 radical (unpaired) electrons. The molecule has 1 heterocycles. The van der Waals surface area contributed by atoms with Crippen LogP contribution in [0.5, 0.6) is 0 Å². The first-order valence-corrected chi connectivity index (χ1v) is 8.81. The second-order valence-corrected chi connectivity index (χ2v) is 7.42. The molecule has 0 unspecified atom stereocenters. The van der Waals surface area contributed by atoms with Crippen molar-refractivity contribution in [2.24, 2.45) is 4.40 Å². The lowest BCUT2D eigenvalue weighted by Gasteiger charge is -2.06. The normalized spacial score (nSPS) is 14.8. The SMILES string of the molecule is CN(C)/C=N/S(=O)(=O)c1cc([N+](=O)[O-])ccc1-c1nnc(C2CC2)o1. The molecule has 0 atom stereocenters. The number of nitro groups is 1. The fraction of sp³-hybridized carbons (Fsp3) is 0.357. The molecule has 132 valence electrons. The van der Waals surface area contributed by atoms with Crippen LogP contribution in [0.1, 0.15) is 24.7 Å². The van der Waals surface area contributed by atoms with Gasteiger partial charge in [0.05, 0.1) is 10.5 Å². The summed E-state index contributed by atoms with van der Waals surface area (Å²) in [6, 6.07) is 3.41. The monoisotopic (exact) mass is 365 g/mol. The highest BCUT2D eigenvalue weighted by Gasteiger charge is 2.31. The van der Waals surface area contributed by atoms with E-state index in [4.69, 9.17) is 4.42 Å². The van der Waals surface area contributed by atoms with Gasteiger partial charge in [-0.1, -0.05) is 0 Å². The maximum absolute atomic E-state index is 12.5. The average molecular weight is 365 g/mol. The molecule has 1 fully saturated rings. The van der Waals surface area contributed by atoms with Crippen molar-refractivity contribution in [3.05, 3.63) is 34.2 Å². The number of aromatic nitrogens is 2. The van der Waals surface area contributed by atoms with E-state index in [9.17, 15) is 18.5 Å². The minimum Gasteiger partial charge on any atom is -0.420 e. The van der Waals surface area contributed by atoms with E-state index in [0.29, 0.717) is 5.89 Å². The molecule has 0 saturated heterocycles. The van der Waals surface area contributed by atoms with Crippen LogP contribution in [-0.4, -0.2) is 48.9 Å². The molecule has 1 saturated carbocycles. The number of non-ortho nitro benzene ring substituents is 1. The first-order chi connectivity index (χ1) is 11.8. The molecular weight excluding hydrogens is 350 g/mol. The minimum atomic E-state index is -4.19. The van der Waals surface area contributed by atoms with Crippen LogP contribution in [0.25, 0.3) is 11.5 Å². The van der Waals surface area contributed by atoms with Crippen LogP contribution in [0.2, 0.25) is 0 Å². The third kappa shape index (κ3) is 3.65. The molecule has 3 rings (SSSR count). The van der Waals surface area contributed by atoms with Crippen molar-refractivity contribution in [3.8, 4) is 11.5 Å². The molecule has 2 aromatic rings. The maximum Gasteiger partial charge on any atom is 0.284 e. The highest BCUT2D eigenvalue weighted by Crippen LogP contribution is 2.40. The van der Waals surface area contributed by atoms with Crippen LogP contribution in [0.15, 0.2) is 31.9 Å². The summed E-state index contributed by atoms with van der Waals surface area (Å²) in [5.74, 6) is 0.634. The Balaban J connectivity index is 2.12. The fourth-order valence-electron chi connectivity index (χ4n) is 2.07. The number of benzene rings is 1. The smallest absolute Gasteiger partial charge is 0.284 e. The van der Waals surface area contributed by atoms with Gasteiger partial charge in [-0.25, -0.2) is 0 Å². The van der Waals surface area contributed by atoms with Crippen molar-refractivity contribution in [3.63, 3.8) is 0 Å². The predicted molar refractivity (Wildman–Crippen MR) is 87.7 cm³/mol. The number of rotatable bonds is 6. The van der Waals surface area contributed by atoms with Crippen LogP contribution in [0, 0.1) is 10.1 Å². The third-order valence-electron chi connectivity index (χ3n) is 3.47. The number of hydrogen-bond donors (Lipinski definition) is 0. The van der Waals surface area contributed by atoms with Crippen LogP contribution < -0.4 is 0 Å². The molecule has 0 bridgehead atoms. The summed E-state index contributed by atoms with van der Waals surface area (Å²) in [6.45, 7) is 0. The first-order valence-electron chi connectivity index (χ1n) is 7.37. The molecule has 0 spiro atoms. The van der Waals surface area contributed by atoms with E-state index in [0.717, 1.165) is 25.2 Å². The van der Waals surface area contributed by atoms with Gasteiger partial charge in [-0.05, 0) is 18.9 Å². The molecule has 1 aromatic heterocycles. The topological polar surface area (TPSA) is 132 Å². The lowest BCUT2D eigenvalue weighted by atomic mass is 10.2. The number of sulfonamides is 1. The molecule has 1 aliphatic rings. The molecule has 0 N–H and O–H groups in total. The summed E-state index contributed by atoms with van der Waals surface area (Å²) in [7, 11) is -0.981. The Labute approximate surface area is 143 Å². The molecule has 25 heavy (non-hydrogen) atoms.